The van der Waals surface area contributed by atoms with Gasteiger partial charge in [0.05, 0.1) is 0 Å². The van der Waals surface area contributed by atoms with Crippen molar-refractivity contribution in [3.8, 4) is 0 Å². The van der Waals surface area contributed by atoms with Gasteiger partial charge in [0.1, 0.15) is 13.2 Å². The molecule has 0 aliphatic rings. The Morgan fingerprint density at radius 3 is 0.792 bits per heavy atom. The molecule has 0 saturated heterocycles. The van der Waals surface area contributed by atoms with Crippen LogP contribution in [0.2, 0.25) is 0 Å². The highest BCUT2D eigenvalue weighted by Crippen LogP contribution is 2.17. The van der Waals surface area contributed by atoms with E-state index in [4.69, 9.17) is 14.2 Å². The lowest BCUT2D eigenvalue weighted by Gasteiger charge is -2.18. The number of hydrogen-bond acceptors (Lipinski definition) is 6. The molecule has 0 spiro atoms. The third-order valence-electron chi connectivity index (χ3n) is 14.4. The van der Waals surface area contributed by atoms with E-state index in [2.05, 4.69) is 106 Å². The summed E-state index contributed by atoms with van der Waals surface area (Å²) in [6.45, 7) is 6.54. The Morgan fingerprint density at radius 2 is 0.506 bits per heavy atom. The van der Waals surface area contributed by atoms with Crippen LogP contribution in [0.5, 0.6) is 0 Å². The number of hydrogen-bond donors (Lipinski definition) is 0. The molecule has 77 heavy (non-hydrogen) atoms. The van der Waals surface area contributed by atoms with Crippen molar-refractivity contribution < 1.29 is 28.6 Å². The number of unbranched alkanes of at least 4 members (excludes halogenated alkanes) is 35. The topological polar surface area (TPSA) is 78.9 Å². The van der Waals surface area contributed by atoms with Gasteiger partial charge >= 0.3 is 17.9 Å². The lowest BCUT2D eigenvalue weighted by molar-refractivity contribution is -0.167. The summed E-state index contributed by atoms with van der Waals surface area (Å²) in [5, 5.41) is 0. The lowest BCUT2D eigenvalue weighted by Crippen LogP contribution is -2.30. The number of carbonyl (C=O) groups excluding carboxylic acids is 3. The van der Waals surface area contributed by atoms with E-state index in [0.717, 1.165) is 122 Å². The van der Waals surface area contributed by atoms with Crippen LogP contribution in [0.25, 0.3) is 0 Å². The Hall–Kier alpha value is -3.41. The monoisotopic (exact) mass is 1070 g/mol. The van der Waals surface area contributed by atoms with Crippen LogP contribution in [0.1, 0.15) is 329 Å². The summed E-state index contributed by atoms with van der Waals surface area (Å²) in [4.78, 5) is 38.3. The molecule has 0 aromatic carbocycles. The fourth-order valence-corrected chi connectivity index (χ4v) is 9.48. The Balaban J connectivity index is 4.27. The summed E-state index contributed by atoms with van der Waals surface area (Å²) in [6.07, 6.45) is 86.0. The second kappa shape index (κ2) is 65.1. The standard InChI is InChI=1S/C71H124O6/c1-4-7-10-13-16-19-22-24-26-28-30-32-34-35-36-37-38-40-41-43-45-47-49-52-55-58-61-64-70(73)76-67-68(66-75-69(72)63-60-57-54-51-21-18-15-12-9-6-3)77-71(74)65-62-59-56-53-50-48-46-44-42-39-33-31-29-27-25-23-20-17-14-11-8-5-2/h7,10,16,19,24,26,30,32,35-36,38,40,43,45,68H,4-6,8-9,11-15,17-18,20-23,25,27-29,31,33-34,37,39,41-42,44,46-67H2,1-3H3/b10-7-,19-16-,26-24-,32-30-,36-35-,40-38-,45-43-. The fraction of sp³-hybridized carbons (Fsp3) is 0.761. The van der Waals surface area contributed by atoms with Crippen LogP contribution in [0.15, 0.2) is 85.1 Å². The van der Waals surface area contributed by atoms with Crippen LogP contribution in [0, 0.1) is 0 Å². The SMILES string of the molecule is CC/C=C\C/C=C\C/C=C\C/C=C\C/C=C\C/C=C\C/C=C\CCCCCCCC(=O)OCC(COC(=O)CCCCCCCCCCCC)OC(=O)CCCCCCCCCCCCCCCCCCCCCCCC. The van der Waals surface area contributed by atoms with Gasteiger partial charge in [-0.15, -0.1) is 0 Å². The van der Waals surface area contributed by atoms with Crippen LogP contribution in [0.3, 0.4) is 0 Å². The van der Waals surface area contributed by atoms with Crippen molar-refractivity contribution in [1.29, 1.82) is 0 Å². The highest BCUT2D eigenvalue weighted by Gasteiger charge is 2.19. The van der Waals surface area contributed by atoms with Crippen LogP contribution in [-0.4, -0.2) is 37.2 Å². The highest BCUT2D eigenvalue weighted by molar-refractivity contribution is 5.71. The Labute approximate surface area is 477 Å². The van der Waals surface area contributed by atoms with Crippen molar-refractivity contribution in [2.24, 2.45) is 0 Å². The molecule has 0 saturated carbocycles. The molecule has 0 aliphatic heterocycles. The molecule has 6 heteroatoms. The molecular formula is C71H124O6. The Bertz CT molecular complexity index is 1470. The van der Waals surface area contributed by atoms with Gasteiger partial charge in [0.15, 0.2) is 6.10 Å². The summed E-state index contributed by atoms with van der Waals surface area (Å²) in [6, 6.07) is 0. The third kappa shape index (κ3) is 63.3. The summed E-state index contributed by atoms with van der Waals surface area (Å²) in [5.41, 5.74) is 0. The molecule has 444 valence electrons. The van der Waals surface area contributed by atoms with Gasteiger partial charge < -0.3 is 14.2 Å². The lowest BCUT2D eigenvalue weighted by atomic mass is 10.0. The first-order valence-electron chi connectivity index (χ1n) is 33.1. The maximum absolute atomic E-state index is 12.9. The first-order valence-corrected chi connectivity index (χ1v) is 33.1. The first kappa shape index (κ1) is 73.6. The molecular weight excluding hydrogens is 949 g/mol. The molecule has 0 rings (SSSR count). The van der Waals surface area contributed by atoms with Gasteiger partial charge in [-0.05, 0) is 77.0 Å². The van der Waals surface area contributed by atoms with Gasteiger partial charge in [-0.1, -0.05) is 318 Å². The number of carbonyl (C=O) groups is 3. The average Bonchev–Trinajstić information content (AvgIpc) is 3.43. The predicted octanol–water partition coefficient (Wildman–Crippen LogP) is 22.7. The van der Waals surface area contributed by atoms with Crippen molar-refractivity contribution in [1.82, 2.24) is 0 Å². The second-order valence-corrected chi connectivity index (χ2v) is 22.0. The van der Waals surface area contributed by atoms with Crippen LogP contribution >= 0.6 is 0 Å². The maximum atomic E-state index is 12.9. The predicted molar refractivity (Wildman–Crippen MR) is 334 cm³/mol. The zero-order chi connectivity index (χ0) is 55.7. The van der Waals surface area contributed by atoms with Gasteiger partial charge in [0, 0.05) is 19.3 Å². The zero-order valence-corrected chi connectivity index (χ0v) is 51.0. The van der Waals surface area contributed by atoms with Crippen molar-refractivity contribution in [3.05, 3.63) is 85.1 Å². The quantitative estimate of drug-likeness (QED) is 0.0261. The minimum absolute atomic E-state index is 0.0786. The Morgan fingerprint density at radius 1 is 0.273 bits per heavy atom. The molecule has 0 amide bonds. The smallest absolute Gasteiger partial charge is 0.306 e. The molecule has 0 fully saturated rings. The molecule has 0 N–H and O–H groups in total. The second-order valence-electron chi connectivity index (χ2n) is 22.0. The van der Waals surface area contributed by atoms with Gasteiger partial charge in [0.25, 0.3) is 0 Å². The molecule has 0 bridgehead atoms. The average molecular weight is 1070 g/mol. The summed E-state index contributed by atoms with van der Waals surface area (Å²) in [7, 11) is 0. The van der Waals surface area contributed by atoms with E-state index in [1.807, 2.05) is 0 Å². The largest absolute Gasteiger partial charge is 0.462 e. The van der Waals surface area contributed by atoms with E-state index in [-0.39, 0.29) is 31.1 Å². The molecule has 0 aliphatic carbocycles. The molecule has 0 aromatic heterocycles. The van der Waals surface area contributed by atoms with Crippen molar-refractivity contribution in [2.45, 2.75) is 335 Å². The molecule has 0 heterocycles. The van der Waals surface area contributed by atoms with E-state index < -0.39 is 6.10 Å². The van der Waals surface area contributed by atoms with Crippen LogP contribution in [-0.2, 0) is 28.6 Å². The minimum Gasteiger partial charge on any atom is -0.462 e. The number of rotatable bonds is 60. The zero-order valence-electron chi connectivity index (χ0n) is 51.0. The summed E-state index contributed by atoms with van der Waals surface area (Å²) in [5.74, 6) is -0.884. The van der Waals surface area contributed by atoms with Crippen LogP contribution in [0.4, 0.5) is 0 Å². The molecule has 0 radical (unpaired) electrons. The van der Waals surface area contributed by atoms with Crippen molar-refractivity contribution in [3.63, 3.8) is 0 Å². The molecule has 1 unspecified atom stereocenters. The van der Waals surface area contributed by atoms with Gasteiger partial charge in [0.2, 0.25) is 0 Å². The van der Waals surface area contributed by atoms with Gasteiger partial charge in [-0.3, -0.25) is 14.4 Å². The van der Waals surface area contributed by atoms with E-state index in [1.165, 1.54) is 167 Å². The maximum Gasteiger partial charge on any atom is 0.306 e. The van der Waals surface area contributed by atoms with E-state index >= 15 is 0 Å². The number of esters is 3. The first-order chi connectivity index (χ1) is 38.0. The third-order valence-corrected chi connectivity index (χ3v) is 14.4. The van der Waals surface area contributed by atoms with Gasteiger partial charge in [-0.25, -0.2) is 0 Å². The molecule has 0 aromatic rings. The van der Waals surface area contributed by atoms with Gasteiger partial charge in [-0.2, -0.15) is 0 Å². The van der Waals surface area contributed by atoms with E-state index in [0.29, 0.717) is 19.3 Å². The van der Waals surface area contributed by atoms with Crippen molar-refractivity contribution in [2.75, 3.05) is 13.2 Å². The minimum atomic E-state index is -0.782. The van der Waals surface area contributed by atoms with E-state index in [1.54, 1.807) is 0 Å². The summed E-state index contributed by atoms with van der Waals surface area (Å²) >= 11 is 0. The van der Waals surface area contributed by atoms with Crippen LogP contribution < -0.4 is 0 Å². The van der Waals surface area contributed by atoms with E-state index in [9.17, 15) is 14.4 Å². The Kier molecular flexibility index (Phi) is 62.2. The fourth-order valence-electron chi connectivity index (χ4n) is 9.48. The van der Waals surface area contributed by atoms with Crippen molar-refractivity contribution >= 4 is 17.9 Å². The molecule has 1 atom stereocenters. The highest BCUT2D eigenvalue weighted by atomic mass is 16.6. The summed E-state index contributed by atoms with van der Waals surface area (Å²) < 4.78 is 16.9. The number of allylic oxidation sites excluding steroid dienone is 14. The normalized spacial score (nSPS) is 12.6. The number of ether oxygens (including phenoxy) is 3. The molecule has 6 nitrogen and oxygen atoms in total.